The zero-order valence-corrected chi connectivity index (χ0v) is 33.0. The van der Waals surface area contributed by atoms with Crippen molar-refractivity contribution in [3.63, 3.8) is 0 Å². The number of amides is 2. The topological polar surface area (TPSA) is 211 Å². The molecular weight excluding hydrogens is 741 g/mol. The maximum absolute atomic E-state index is 13.5. The van der Waals surface area contributed by atoms with Crippen molar-refractivity contribution in [1.82, 2.24) is 40.1 Å². The van der Waals surface area contributed by atoms with Crippen molar-refractivity contribution in [3.8, 4) is 0 Å². The molecule has 7 aromatic rings. The van der Waals surface area contributed by atoms with Crippen LogP contribution in [0.5, 0.6) is 0 Å². The van der Waals surface area contributed by atoms with E-state index in [-0.39, 0.29) is 17.6 Å². The molecule has 298 valence electrons. The minimum absolute atomic E-state index is 0.178. The maximum atomic E-state index is 13.5. The number of aromatic nitrogens is 6. The van der Waals surface area contributed by atoms with Crippen LogP contribution in [0.3, 0.4) is 0 Å². The Hall–Kier alpha value is -6.94. The van der Waals surface area contributed by atoms with E-state index >= 15 is 0 Å². The molecule has 0 saturated carbocycles. The van der Waals surface area contributed by atoms with Gasteiger partial charge in [-0.25, -0.2) is 19.9 Å². The van der Waals surface area contributed by atoms with Crippen LogP contribution in [0.15, 0.2) is 79.1 Å². The lowest BCUT2D eigenvalue weighted by molar-refractivity contribution is -0.923. The smallest absolute Gasteiger partial charge is 0.390 e. The second-order valence-electron chi connectivity index (χ2n) is 14.5. The largest absolute Gasteiger partial charge is 0.550 e. The van der Waals surface area contributed by atoms with Gasteiger partial charge in [-0.1, -0.05) is 36.4 Å². The van der Waals surface area contributed by atoms with Crippen LogP contribution in [0.4, 0.5) is 5.82 Å². The van der Waals surface area contributed by atoms with Gasteiger partial charge < -0.3 is 39.7 Å². The highest BCUT2D eigenvalue weighted by molar-refractivity contribution is 6.07. The van der Waals surface area contributed by atoms with Crippen LogP contribution in [0.2, 0.25) is 0 Å². The number of fused-ring (bicyclic) bond motifs is 4. The number of carboxylic acids is 1. The second-order valence-corrected chi connectivity index (χ2v) is 14.5. The quantitative estimate of drug-likeness (QED) is 0.0547. The first-order valence-electron chi connectivity index (χ1n) is 18.8. The monoisotopic (exact) mass is 784 g/mol. The Morgan fingerprint density at radius 2 is 1.12 bits per heavy atom. The van der Waals surface area contributed by atoms with Crippen LogP contribution in [0, 0.1) is 24.0 Å². The van der Waals surface area contributed by atoms with E-state index in [2.05, 4.69) is 15.6 Å². The molecule has 16 heteroatoms. The summed E-state index contributed by atoms with van der Waals surface area (Å²) < 4.78 is 2.10. The third-order valence-corrected chi connectivity index (χ3v) is 9.94. The number of benzene rings is 4. The van der Waals surface area contributed by atoms with Crippen LogP contribution in [-0.4, -0.2) is 89.9 Å². The van der Waals surface area contributed by atoms with Crippen LogP contribution < -0.4 is 15.7 Å². The Balaban J connectivity index is 0.00000135. The molecule has 16 nitrogen and oxygen atoms in total. The van der Waals surface area contributed by atoms with Crippen LogP contribution in [-0.2, 0) is 18.4 Å². The molecule has 0 aliphatic carbocycles. The number of nitro groups is 1. The molecule has 0 fully saturated rings. The minimum Gasteiger partial charge on any atom is -0.550 e. The van der Waals surface area contributed by atoms with Gasteiger partial charge in [0, 0.05) is 38.9 Å². The van der Waals surface area contributed by atoms with Gasteiger partial charge in [0.25, 0.3) is 11.8 Å². The summed E-state index contributed by atoms with van der Waals surface area (Å²) in [5.74, 6) is -1.75. The normalized spacial score (nSPS) is 11.4. The second kappa shape index (κ2) is 17.5. The van der Waals surface area contributed by atoms with E-state index in [4.69, 9.17) is 29.8 Å². The van der Waals surface area contributed by atoms with Crippen molar-refractivity contribution in [3.05, 3.63) is 117 Å². The van der Waals surface area contributed by atoms with E-state index in [0.717, 1.165) is 40.1 Å². The van der Waals surface area contributed by atoms with E-state index in [0.29, 0.717) is 88.9 Å². The fraction of sp³-hybridized carbons (Fsp3) is 0.286. The fourth-order valence-electron chi connectivity index (χ4n) is 7.01. The third kappa shape index (κ3) is 9.19. The van der Waals surface area contributed by atoms with Gasteiger partial charge in [0.1, 0.15) is 17.6 Å². The molecular formula is C42H44N10O6. The highest BCUT2D eigenvalue weighted by atomic mass is 16.6. The molecule has 0 bridgehead atoms. The van der Waals surface area contributed by atoms with Gasteiger partial charge in [0.15, 0.2) is 5.69 Å². The van der Waals surface area contributed by atoms with Gasteiger partial charge >= 0.3 is 5.82 Å². The SMILES string of the molecule is CC(=O)[O-].Cc1cccc2nc3cccc(C(=O)NCCC[N+](C)(CCCNC(=O)c4cccc5nc6cccc(C)c6nc45)Cc4c([N+](=O)[O-])ncn4C)c3nc12. The number of imidazole rings is 1. The number of carboxylic acid groups (broad SMARTS) is 1. The Morgan fingerprint density at radius 1 is 0.707 bits per heavy atom. The van der Waals surface area contributed by atoms with Gasteiger partial charge in [0.05, 0.1) is 64.4 Å². The third-order valence-electron chi connectivity index (χ3n) is 9.94. The summed E-state index contributed by atoms with van der Waals surface area (Å²) in [6.45, 7) is 7.20. The van der Waals surface area contributed by atoms with Gasteiger partial charge in [-0.05, 0) is 78.2 Å². The number of quaternary nitrogens is 1. The van der Waals surface area contributed by atoms with E-state index in [1.54, 1.807) is 35.9 Å². The molecule has 4 aromatic carbocycles. The highest BCUT2D eigenvalue weighted by Crippen LogP contribution is 2.24. The van der Waals surface area contributed by atoms with Crippen LogP contribution >= 0.6 is 0 Å². The molecule has 0 aliphatic rings. The Labute approximate surface area is 333 Å². The highest BCUT2D eigenvalue weighted by Gasteiger charge is 2.30. The predicted octanol–water partition coefficient (Wildman–Crippen LogP) is 4.48. The number of nitrogens with one attached hydrogen (secondary N) is 2. The minimum atomic E-state index is -1.08. The summed E-state index contributed by atoms with van der Waals surface area (Å²) in [7, 11) is 3.78. The van der Waals surface area contributed by atoms with Crippen molar-refractivity contribution in [2.24, 2.45) is 7.05 Å². The zero-order valence-electron chi connectivity index (χ0n) is 33.0. The molecule has 3 heterocycles. The predicted molar refractivity (Wildman–Crippen MR) is 218 cm³/mol. The lowest BCUT2D eigenvalue weighted by atomic mass is 10.1. The van der Waals surface area contributed by atoms with Crippen molar-refractivity contribution in [2.45, 2.75) is 40.2 Å². The molecule has 2 amide bonds. The van der Waals surface area contributed by atoms with Crippen LogP contribution in [0.25, 0.3) is 44.1 Å². The van der Waals surface area contributed by atoms with E-state index in [1.807, 2.05) is 69.4 Å². The van der Waals surface area contributed by atoms with Crippen molar-refractivity contribution < 1.29 is 28.9 Å². The molecule has 0 unspecified atom stereocenters. The molecule has 0 saturated heterocycles. The van der Waals surface area contributed by atoms with Gasteiger partial charge in [-0.3, -0.25) is 9.59 Å². The lowest BCUT2D eigenvalue weighted by Gasteiger charge is -2.34. The molecule has 0 aliphatic heterocycles. The number of aryl methyl sites for hydroxylation is 3. The van der Waals surface area contributed by atoms with E-state index < -0.39 is 10.9 Å². The fourth-order valence-corrected chi connectivity index (χ4v) is 7.01. The van der Waals surface area contributed by atoms with E-state index in [9.17, 15) is 19.7 Å². The van der Waals surface area contributed by atoms with Crippen molar-refractivity contribution in [1.29, 1.82) is 0 Å². The molecule has 2 N–H and O–H groups in total. The number of rotatable bonds is 13. The lowest BCUT2D eigenvalue weighted by Crippen LogP contribution is -2.47. The average molecular weight is 785 g/mol. The standard InChI is InChI=1S/C40H40N10O4.C2H4O2/c1-25-11-5-15-29-34(25)46-36-27(13-7-17-31(36)44-29)39(51)41-19-9-21-50(4,23-33-38(49(53)54)43-24-48(33)3)22-10-20-42-40(52)28-14-8-18-32-37(28)47-35-26(2)12-6-16-30(35)45-32;1-2(3)4/h5-8,11-18,24H,9-10,19-23H2,1-4H3,(H-,41,42,51,52);1H3,(H,3,4). The maximum Gasteiger partial charge on any atom is 0.390 e. The number of hydrogen-bond donors (Lipinski definition) is 2. The molecule has 7 rings (SSSR count). The molecule has 0 radical (unpaired) electrons. The van der Waals surface area contributed by atoms with Crippen LogP contribution in [0.1, 0.15) is 57.3 Å². The Kier molecular flexibility index (Phi) is 12.3. The molecule has 58 heavy (non-hydrogen) atoms. The van der Waals surface area contributed by atoms with E-state index in [1.165, 1.54) is 6.33 Å². The summed E-state index contributed by atoms with van der Waals surface area (Å²) in [5.41, 5.74) is 8.80. The summed E-state index contributed by atoms with van der Waals surface area (Å²) in [5, 5.41) is 26.8. The van der Waals surface area contributed by atoms with Crippen molar-refractivity contribution in [2.75, 3.05) is 33.2 Å². The number of aliphatic carboxylic acids is 1. The Bertz CT molecular complexity index is 2550. The number of nitrogens with zero attached hydrogens (tertiary/aromatic N) is 8. The average Bonchev–Trinajstić information content (AvgIpc) is 3.55. The van der Waals surface area contributed by atoms with Gasteiger partial charge in [-0.2, -0.15) is 0 Å². The number of hydrogen-bond acceptors (Lipinski definition) is 11. The Morgan fingerprint density at radius 3 is 1.55 bits per heavy atom. The van der Waals surface area contributed by atoms with Gasteiger partial charge in [-0.15, -0.1) is 0 Å². The summed E-state index contributed by atoms with van der Waals surface area (Å²) in [6.07, 6.45) is 2.65. The van der Waals surface area contributed by atoms with Crippen molar-refractivity contribution >= 4 is 67.7 Å². The first-order valence-corrected chi connectivity index (χ1v) is 18.8. The number of carbonyl (C=O) groups excluding carboxylic acids is 3. The summed E-state index contributed by atoms with van der Waals surface area (Å²) in [6, 6.07) is 22.4. The first kappa shape index (κ1) is 40.7. The summed E-state index contributed by atoms with van der Waals surface area (Å²) >= 11 is 0. The number of carbonyl (C=O) groups is 3. The number of para-hydroxylation sites is 4. The zero-order chi connectivity index (χ0) is 41.6. The molecule has 0 atom stereocenters. The van der Waals surface area contributed by atoms with Gasteiger partial charge in [0.2, 0.25) is 6.33 Å². The summed E-state index contributed by atoms with van der Waals surface area (Å²) in [4.78, 5) is 70.3. The first-order chi connectivity index (χ1) is 27.7. The molecule has 0 spiro atoms. The molecule has 3 aromatic heterocycles.